The van der Waals surface area contributed by atoms with Gasteiger partial charge in [0.15, 0.2) is 0 Å². The summed E-state index contributed by atoms with van der Waals surface area (Å²) in [5.41, 5.74) is 0. The number of carboxylic acid groups (broad SMARTS) is 2. The first-order chi connectivity index (χ1) is 10.6. The Balaban J connectivity index is 0.000000360. The highest BCUT2D eigenvalue weighted by molar-refractivity contribution is 7.10. The highest BCUT2D eigenvalue weighted by atomic mass is 32.1. The third-order valence-electron chi connectivity index (χ3n) is 2.10. The van der Waals surface area contributed by atoms with E-state index in [1.54, 1.807) is 17.4 Å². The number of hydrogen-bond donors (Lipinski definition) is 3. The molecule has 0 aliphatic rings. The van der Waals surface area contributed by atoms with Crippen LogP contribution < -0.4 is 0 Å². The van der Waals surface area contributed by atoms with Gasteiger partial charge in [-0.15, -0.1) is 22.7 Å². The molecule has 5 nitrogen and oxygen atoms in total. The average Bonchev–Trinajstić information content (AvgIpc) is 3.19. The second-order valence-corrected chi connectivity index (χ2v) is 5.67. The maximum absolute atomic E-state index is 10.1. The van der Waals surface area contributed by atoms with Gasteiger partial charge in [-0.2, -0.15) is 0 Å². The van der Waals surface area contributed by atoms with Crippen molar-refractivity contribution in [3.8, 4) is 0 Å². The zero-order valence-electron chi connectivity index (χ0n) is 12.0. The molecule has 2 aromatic rings. The normalized spacial score (nSPS) is 9.36. The van der Waals surface area contributed by atoms with Crippen molar-refractivity contribution in [2.45, 2.75) is 12.8 Å². The number of carbonyl (C=O) groups is 2. The minimum Gasteiger partial charge on any atom is -0.481 e. The summed E-state index contributed by atoms with van der Waals surface area (Å²) in [4.78, 5) is 22.2. The Morgan fingerprint density at radius 2 is 1.73 bits per heavy atom. The summed E-state index contributed by atoms with van der Waals surface area (Å²) in [5.74, 6) is -1.64. The predicted octanol–water partition coefficient (Wildman–Crippen LogP) is 3.22. The highest BCUT2D eigenvalue weighted by Gasteiger charge is 1.98. The van der Waals surface area contributed by atoms with Crippen LogP contribution in [0.5, 0.6) is 0 Å². The molecule has 0 aliphatic heterocycles. The van der Waals surface area contributed by atoms with Crippen molar-refractivity contribution in [2.75, 3.05) is 7.11 Å². The van der Waals surface area contributed by atoms with E-state index >= 15 is 0 Å². The molecule has 0 atom stereocenters. The van der Waals surface area contributed by atoms with Crippen LogP contribution >= 0.6 is 22.7 Å². The molecule has 2 rings (SSSR count). The SMILES string of the molecule is CO.O=C(O)/C=C/c1cccs1.O=C(O)CCc1cccs1. The number of aliphatic hydroxyl groups is 1. The van der Waals surface area contributed by atoms with Crippen molar-refractivity contribution >= 4 is 40.7 Å². The molecule has 0 unspecified atom stereocenters. The lowest BCUT2D eigenvalue weighted by atomic mass is 10.3. The second-order valence-electron chi connectivity index (χ2n) is 3.66. The highest BCUT2D eigenvalue weighted by Crippen LogP contribution is 2.10. The molecule has 2 heterocycles. The molecule has 2 aromatic heterocycles. The van der Waals surface area contributed by atoms with Crippen molar-refractivity contribution < 1.29 is 24.9 Å². The van der Waals surface area contributed by atoms with Crippen LogP contribution in [0.4, 0.5) is 0 Å². The molecule has 3 N–H and O–H groups in total. The van der Waals surface area contributed by atoms with E-state index in [0.29, 0.717) is 6.42 Å². The third-order valence-corrected chi connectivity index (χ3v) is 3.87. The summed E-state index contributed by atoms with van der Waals surface area (Å²) in [6, 6.07) is 7.63. The van der Waals surface area contributed by atoms with Gasteiger partial charge < -0.3 is 15.3 Å². The van der Waals surface area contributed by atoms with E-state index < -0.39 is 11.9 Å². The molecule has 0 amide bonds. The number of thiophene rings is 2. The summed E-state index contributed by atoms with van der Waals surface area (Å²) in [6.45, 7) is 0. The monoisotopic (exact) mass is 342 g/mol. The molecule has 7 heteroatoms. The van der Waals surface area contributed by atoms with Gasteiger partial charge in [0, 0.05) is 22.9 Å². The van der Waals surface area contributed by atoms with Crippen LogP contribution in [0.2, 0.25) is 0 Å². The zero-order chi connectivity index (χ0) is 16.8. The lowest BCUT2D eigenvalue weighted by Crippen LogP contribution is -1.95. The molecule has 0 spiro atoms. The van der Waals surface area contributed by atoms with Crippen molar-refractivity contribution in [1.82, 2.24) is 0 Å². The van der Waals surface area contributed by atoms with Gasteiger partial charge >= 0.3 is 11.9 Å². The molecule has 0 radical (unpaired) electrons. The van der Waals surface area contributed by atoms with Gasteiger partial charge in [0.2, 0.25) is 0 Å². The van der Waals surface area contributed by atoms with Gasteiger partial charge in [-0.1, -0.05) is 12.1 Å². The predicted molar refractivity (Wildman–Crippen MR) is 89.4 cm³/mol. The van der Waals surface area contributed by atoms with Gasteiger partial charge in [0.25, 0.3) is 0 Å². The van der Waals surface area contributed by atoms with Gasteiger partial charge in [-0.3, -0.25) is 4.79 Å². The first kappa shape index (κ1) is 20.0. The average molecular weight is 342 g/mol. The van der Waals surface area contributed by atoms with Crippen molar-refractivity contribution in [1.29, 1.82) is 0 Å². The molecule has 120 valence electrons. The Bertz CT molecular complexity index is 545. The Morgan fingerprint density at radius 3 is 2.18 bits per heavy atom. The lowest BCUT2D eigenvalue weighted by molar-refractivity contribution is -0.137. The number of rotatable bonds is 5. The van der Waals surface area contributed by atoms with E-state index in [-0.39, 0.29) is 6.42 Å². The Morgan fingerprint density at radius 1 is 1.09 bits per heavy atom. The van der Waals surface area contributed by atoms with Crippen molar-refractivity contribution in [2.24, 2.45) is 0 Å². The number of aryl methyl sites for hydroxylation is 1. The fourth-order valence-electron chi connectivity index (χ4n) is 1.22. The van der Waals surface area contributed by atoms with E-state index in [9.17, 15) is 9.59 Å². The van der Waals surface area contributed by atoms with Gasteiger partial charge in [0.1, 0.15) is 0 Å². The van der Waals surface area contributed by atoms with E-state index in [1.165, 1.54) is 11.3 Å². The van der Waals surface area contributed by atoms with Crippen molar-refractivity contribution in [3.63, 3.8) is 0 Å². The Labute approximate surface area is 136 Å². The number of hydrogen-bond acceptors (Lipinski definition) is 5. The minimum absolute atomic E-state index is 0.237. The van der Waals surface area contributed by atoms with Crippen LogP contribution in [0, 0.1) is 0 Å². The maximum atomic E-state index is 10.1. The van der Waals surface area contributed by atoms with Crippen LogP contribution in [0.25, 0.3) is 6.08 Å². The van der Waals surface area contributed by atoms with Crippen molar-refractivity contribution in [3.05, 3.63) is 50.9 Å². The Hall–Kier alpha value is -1.96. The molecule has 0 fully saturated rings. The molecular weight excluding hydrogens is 324 g/mol. The van der Waals surface area contributed by atoms with E-state index in [4.69, 9.17) is 15.3 Å². The summed E-state index contributed by atoms with van der Waals surface area (Å²) in [7, 11) is 1.00. The number of aliphatic hydroxyl groups excluding tert-OH is 1. The van der Waals surface area contributed by atoms with E-state index in [0.717, 1.165) is 22.9 Å². The minimum atomic E-state index is -0.909. The van der Waals surface area contributed by atoms with Crippen LogP contribution in [0.1, 0.15) is 16.2 Å². The van der Waals surface area contributed by atoms with Crippen LogP contribution in [-0.4, -0.2) is 34.4 Å². The largest absolute Gasteiger partial charge is 0.481 e. The molecule has 0 aromatic carbocycles. The molecular formula is C15H18O5S2. The van der Waals surface area contributed by atoms with Crippen LogP contribution in [-0.2, 0) is 16.0 Å². The first-order valence-electron chi connectivity index (χ1n) is 6.21. The summed E-state index contributed by atoms with van der Waals surface area (Å²) < 4.78 is 0. The molecule has 0 saturated heterocycles. The topological polar surface area (TPSA) is 94.8 Å². The lowest BCUT2D eigenvalue weighted by Gasteiger charge is -1.89. The molecule has 0 saturated carbocycles. The van der Waals surface area contributed by atoms with Crippen LogP contribution in [0.15, 0.2) is 41.1 Å². The molecule has 0 aliphatic carbocycles. The molecule has 22 heavy (non-hydrogen) atoms. The Kier molecular flexibility index (Phi) is 11.6. The molecule has 0 bridgehead atoms. The maximum Gasteiger partial charge on any atom is 0.328 e. The van der Waals surface area contributed by atoms with Crippen LogP contribution in [0.3, 0.4) is 0 Å². The van der Waals surface area contributed by atoms with Gasteiger partial charge in [-0.05, 0) is 35.4 Å². The van der Waals surface area contributed by atoms with Gasteiger partial charge in [0.05, 0.1) is 6.42 Å². The standard InChI is InChI=1S/C7H8O2S.C7H6O2S.CH4O/c2*8-7(9)4-3-6-2-1-5-10-6;1-2/h1-2,5H,3-4H2,(H,8,9);1-5H,(H,8,9);2H,1H3/b;4-3+;. The van der Waals surface area contributed by atoms with E-state index in [2.05, 4.69) is 0 Å². The summed E-state index contributed by atoms with van der Waals surface area (Å²) >= 11 is 3.12. The van der Waals surface area contributed by atoms with Gasteiger partial charge in [-0.25, -0.2) is 4.79 Å². The zero-order valence-corrected chi connectivity index (χ0v) is 13.6. The summed E-state index contributed by atoms with van der Waals surface area (Å²) in [6.07, 6.45) is 3.60. The second kappa shape index (κ2) is 12.8. The quantitative estimate of drug-likeness (QED) is 0.725. The van der Waals surface area contributed by atoms with E-state index in [1.807, 2.05) is 35.0 Å². The third kappa shape index (κ3) is 10.8. The smallest absolute Gasteiger partial charge is 0.328 e. The first-order valence-corrected chi connectivity index (χ1v) is 7.97. The number of aliphatic carboxylic acids is 2. The summed E-state index contributed by atoms with van der Waals surface area (Å²) in [5, 5.41) is 27.4. The number of carboxylic acids is 2. The fraction of sp³-hybridized carbons (Fsp3) is 0.200. The fourth-order valence-corrected chi connectivity index (χ4v) is 2.55.